The molecule has 2 N–H and O–H groups in total. The fourth-order valence-corrected chi connectivity index (χ4v) is 2.79. The summed E-state index contributed by atoms with van der Waals surface area (Å²) in [6, 6.07) is 11.8. The van der Waals surface area contributed by atoms with Crippen molar-refractivity contribution in [3.63, 3.8) is 0 Å². The molecule has 0 saturated heterocycles. The highest BCUT2D eigenvalue weighted by atomic mass is 35.5. The largest absolute Gasteiger partial charge is 0.481 e. The van der Waals surface area contributed by atoms with Gasteiger partial charge in [0.1, 0.15) is 5.75 Å². The van der Waals surface area contributed by atoms with E-state index >= 15 is 0 Å². The second kappa shape index (κ2) is 8.92. The van der Waals surface area contributed by atoms with Crippen LogP contribution >= 0.6 is 23.2 Å². The van der Waals surface area contributed by atoms with Crippen molar-refractivity contribution in [3.05, 3.63) is 58.1 Å². The molecule has 138 valence electrons. The molecule has 0 bridgehead atoms. The molecule has 2 rings (SSSR count). The number of hydrogen-bond donors (Lipinski definition) is 2. The van der Waals surface area contributed by atoms with Crippen molar-refractivity contribution in [2.24, 2.45) is 0 Å². The topological polar surface area (TPSA) is 75.6 Å². The Bertz CT molecular complexity index is 793. The molecule has 0 aliphatic carbocycles. The van der Waals surface area contributed by atoms with Crippen LogP contribution in [0.2, 0.25) is 10.0 Å². The number of nitrogens with one attached hydrogen (secondary N) is 1. The van der Waals surface area contributed by atoms with E-state index in [2.05, 4.69) is 5.32 Å². The maximum absolute atomic E-state index is 12.3. The molecule has 0 saturated carbocycles. The number of rotatable bonds is 7. The summed E-state index contributed by atoms with van der Waals surface area (Å²) in [5.74, 6) is -0.910. The summed E-state index contributed by atoms with van der Waals surface area (Å²) in [6.07, 6.45) is -0.711. The van der Waals surface area contributed by atoms with Gasteiger partial charge in [0.15, 0.2) is 6.10 Å². The van der Waals surface area contributed by atoms with E-state index in [0.29, 0.717) is 21.5 Å². The third-order valence-corrected chi connectivity index (χ3v) is 4.33. The van der Waals surface area contributed by atoms with Crippen molar-refractivity contribution in [2.45, 2.75) is 32.3 Å². The van der Waals surface area contributed by atoms with Crippen molar-refractivity contribution in [1.82, 2.24) is 0 Å². The van der Waals surface area contributed by atoms with Gasteiger partial charge in [0.25, 0.3) is 5.91 Å². The van der Waals surface area contributed by atoms with Crippen LogP contribution in [0.4, 0.5) is 5.69 Å². The lowest BCUT2D eigenvalue weighted by Crippen LogP contribution is -2.30. The van der Waals surface area contributed by atoms with Crippen LogP contribution in [0.5, 0.6) is 5.75 Å². The van der Waals surface area contributed by atoms with Crippen LogP contribution in [-0.2, 0) is 9.59 Å². The van der Waals surface area contributed by atoms with Gasteiger partial charge in [0.05, 0.1) is 11.4 Å². The number of carboxylic acid groups (broad SMARTS) is 1. The number of amides is 1. The van der Waals surface area contributed by atoms with E-state index < -0.39 is 12.1 Å². The summed E-state index contributed by atoms with van der Waals surface area (Å²) in [5, 5.41) is 12.4. The zero-order valence-corrected chi connectivity index (χ0v) is 15.8. The molecule has 26 heavy (non-hydrogen) atoms. The van der Waals surface area contributed by atoms with Crippen molar-refractivity contribution in [3.8, 4) is 5.75 Å². The van der Waals surface area contributed by atoms with E-state index in [1.54, 1.807) is 49.4 Å². The molecule has 1 amide bonds. The first-order chi connectivity index (χ1) is 12.3. The number of carbonyl (C=O) groups excluding carboxylic acids is 1. The zero-order valence-electron chi connectivity index (χ0n) is 14.3. The molecule has 0 aromatic heterocycles. The van der Waals surface area contributed by atoms with Crippen LogP contribution in [-0.4, -0.2) is 23.1 Å². The van der Waals surface area contributed by atoms with Gasteiger partial charge in [-0.25, -0.2) is 0 Å². The molecule has 2 aromatic carbocycles. The highest BCUT2D eigenvalue weighted by Gasteiger charge is 2.17. The Kier molecular flexibility index (Phi) is 6.89. The average Bonchev–Trinajstić information content (AvgIpc) is 2.57. The summed E-state index contributed by atoms with van der Waals surface area (Å²) in [4.78, 5) is 23.1. The number of hydrogen-bond acceptors (Lipinski definition) is 3. The monoisotopic (exact) mass is 395 g/mol. The van der Waals surface area contributed by atoms with Gasteiger partial charge >= 0.3 is 5.97 Å². The highest BCUT2D eigenvalue weighted by Crippen LogP contribution is 2.28. The first kappa shape index (κ1) is 20.1. The lowest BCUT2D eigenvalue weighted by atomic mass is 9.98. The minimum Gasteiger partial charge on any atom is -0.481 e. The van der Waals surface area contributed by atoms with Crippen molar-refractivity contribution in [1.29, 1.82) is 0 Å². The zero-order chi connectivity index (χ0) is 19.3. The van der Waals surface area contributed by atoms with Gasteiger partial charge in [-0.1, -0.05) is 42.3 Å². The number of aliphatic carboxylic acids is 1. The second-order valence-electron chi connectivity index (χ2n) is 5.94. The molecular formula is C19H19Cl2NO4. The van der Waals surface area contributed by atoms with Gasteiger partial charge in [-0.2, -0.15) is 0 Å². The lowest BCUT2D eigenvalue weighted by molar-refractivity contribution is -0.137. The van der Waals surface area contributed by atoms with Gasteiger partial charge in [-0.3, -0.25) is 9.59 Å². The van der Waals surface area contributed by atoms with E-state index in [1.807, 2.05) is 6.92 Å². The molecule has 0 radical (unpaired) electrons. The summed E-state index contributed by atoms with van der Waals surface area (Å²) in [7, 11) is 0. The van der Waals surface area contributed by atoms with E-state index in [4.69, 9.17) is 33.0 Å². The second-order valence-corrected chi connectivity index (χ2v) is 6.79. The smallest absolute Gasteiger partial charge is 0.303 e. The molecule has 0 fully saturated rings. The predicted molar refractivity (Wildman–Crippen MR) is 102 cm³/mol. The molecule has 2 unspecified atom stereocenters. The molecule has 2 atom stereocenters. The molecule has 2 aromatic rings. The predicted octanol–water partition coefficient (Wildman–Crippen LogP) is 4.98. The van der Waals surface area contributed by atoms with Crippen molar-refractivity contribution < 1.29 is 19.4 Å². The summed E-state index contributed by atoms with van der Waals surface area (Å²) in [5.41, 5.74) is 1.49. The molecule has 0 spiro atoms. The van der Waals surface area contributed by atoms with E-state index in [-0.39, 0.29) is 18.2 Å². The molecular weight excluding hydrogens is 377 g/mol. The van der Waals surface area contributed by atoms with Crippen LogP contribution in [0.25, 0.3) is 0 Å². The number of anilines is 1. The summed E-state index contributed by atoms with van der Waals surface area (Å²) < 4.78 is 5.57. The van der Waals surface area contributed by atoms with Gasteiger partial charge in [-0.05, 0) is 48.7 Å². The third-order valence-electron chi connectivity index (χ3n) is 3.79. The Balaban J connectivity index is 1.97. The van der Waals surface area contributed by atoms with Crippen LogP contribution in [0.15, 0.2) is 42.5 Å². The number of carboxylic acids is 1. The number of ether oxygens (including phenoxy) is 1. The fourth-order valence-electron chi connectivity index (χ4n) is 2.33. The van der Waals surface area contributed by atoms with Crippen LogP contribution in [0.3, 0.4) is 0 Å². The number of halogens is 2. The van der Waals surface area contributed by atoms with E-state index in [9.17, 15) is 9.59 Å². The first-order valence-corrected chi connectivity index (χ1v) is 8.76. The Morgan fingerprint density at radius 3 is 2.35 bits per heavy atom. The molecule has 0 heterocycles. The van der Waals surface area contributed by atoms with E-state index in [1.165, 1.54) is 0 Å². The maximum Gasteiger partial charge on any atom is 0.303 e. The van der Waals surface area contributed by atoms with E-state index in [0.717, 1.165) is 5.56 Å². The molecule has 0 aliphatic heterocycles. The lowest BCUT2D eigenvalue weighted by Gasteiger charge is -2.16. The first-order valence-electron chi connectivity index (χ1n) is 8.00. The van der Waals surface area contributed by atoms with Crippen LogP contribution in [0.1, 0.15) is 31.7 Å². The van der Waals surface area contributed by atoms with Crippen LogP contribution < -0.4 is 10.1 Å². The minimum absolute atomic E-state index is 0.0540. The number of benzene rings is 2. The molecule has 7 heteroatoms. The Morgan fingerprint density at radius 1 is 1.12 bits per heavy atom. The van der Waals surface area contributed by atoms with Gasteiger partial charge in [0.2, 0.25) is 0 Å². The summed E-state index contributed by atoms with van der Waals surface area (Å²) in [6.45, 7) is 3.46. The standard InChI is InChI=1S/C19H19Cl2NO4/c1-11(9-18(23)24)13-3-6-15(7-4-13)22-19(25)12(2)26-17-8-5-14(20)10-16(17)21/h3-8,10-12H,9H2,1-2H3,(H,22,25)(H,23,24). The third kappa shape index (κ3) is 5.64. The maximum atomic E-state index is 12.3. The number of carbonyl (C=O) groups is 2. The van der Waals surface area contributed by atoms with Gasteiger partial charge in [0, 0.05) is 10.7 Å². The van der Waals surface area contributed by atoms with Crippen molar-refractivity contribution in [2.75, 3.05) is 5.32 Å². The minimum atomic E-state index is -0.846. The Morgan fingerprint density at radius 2 is 1.77 bits per heavy atom. The fraction of sp³-hybridized carbons (Fsp3) is 0.263. The molecule has 5 nitrogen and oxygen atoms in total. The average molecular weight is 396 g/mol. The Hall–Kier alpha value is -2.24. The van der Waals surface area contributed by atoms with Crippen LogP contribution in [0, 0.1) is 0 Å². The van der Waals surface area contributed by atoms with Gasteiger partial charge < -0.3 is 15.2 Å². The van der Waals surface area contributed by atoms with Gasteiger partial charge in [-0.15, -0.1) is 0 Å². The van der Waals surface area contributed by atoms with Crippen molar-refractivity contribution >= 4 is 40.8 Å². The quantitative estimate of drug-likeness (QED) is 0.692. The highest BCUT2D eigenvalue weighted by molar-refractivity contribution is 6.35. The normalized spacial score (nSPS) is 12.9. The SMILES string of the molecule is CC(Oc1ccc(Cl)cc1Cl)C(=O)Nc1ccc(C(C)CC(=O)O)cc1. The Labute approximate surface area is 161 Å². The molecule has 0 aliphatic rings. The summed E-state index contributed by atoms with van der Waals surface area (Å²) >= 11 is 11.9.